The maximum Gasteiger partial charge on any atom is 0.416 e. The molecule has 8 heteroatoms. The zero-order chi connectivity index (χ0) is 22.2. The first-order valence-electron chi connectivity index (χ1n) is 9.39. The van der Waals surface area contributed by atoms with E-state index < -0.39 is 23.5 Å². The molecular formula is C23H17F4N3O. The predicted octanol–water partition coefficient (Wildman–Crippen LogP) is 5.33. The molecule has 0 saturated carbocycles. The number of carbonyl (C=O) groups is 1. The highest BCUT2D eigenvalue weighted by Gasteiger charge is 2.30. The number of alkyl halides is 3. The third kappa shape index (κ3) is 4.28. The van der Waals surface area contributed by atoms with E-state index in [9.17, 15) is 22.4 Å². The van der Waals surface area contributed by atoms with Gasteiger partial charge in [0.15, 0.2) is 0 Å². The lowest BCUT2D eigenvalue weighted by molar-refractivity contribution is -0.137. The van der Waals surface area contributed by atoms with Crippen LogP contribution in [0.2, 0.25) is 0 Å². The van der Waals surface area contributed by atoms with Crippen molar-refractivity contribution in [2.45, 2.75) is 12.7 Å². The zero-order valence-corrected chi connectivity index (χ0v) is 16.4. The van der Waals surface area contributed by atoms with E-state index in [1.165, 1.54) is 30.3 Å². The highest BCUT2D eigenvalue weighted by Crippen LogP contribution is 2.30. The summed E-state index contributed by atoms with van der Waals surface area (Å²) in [6.07, 6.45) is -2.64. The number of aryl methyl sites for hydroxylation is 1. The molecule has 1 N–H and O–H groups in total. The largest absolute Gasteiger partial charge is 0.416 e. The van der Waals surface area contributed by atoms with Crippen LogP contribution >= 0.6 is 0 Å². The summed E-state index contributed by atoms with van der Waals surface area (Å²) < 4.78 is 54.5. The first-order valence-corrected chi connectivity index (χ1v) is 9.39. The number of hydrogen-bond acceptors (Lipinski definition) is 2. The molecule has 2 aromatic heterocycles. The van der Waals surface area contributed by atoms with Gasteiger partial charge in [0.1, 0.15) is 5.82 Å². The number of hydrogen-bond donors (Lipinski definition) is 1. The summed E-state index contributed by atoms with van der Waals surface area (Å²) in [6, 6.07) is 13.9. The molecule has 0 radical (unpaired) electrons. The third-order valence-corrected chi connectivity index (χ3v) is 4.93. The fourth-order valence-corrected chi connectivity index (χ4v) is 3.38. The number of fused-ring (bicyclic) bond motifs is 1. The standard InChI is InChI=1S/C23H17F4N3O/c1-30-9-3-6-21(30)20-12-18(17-11-16(24)7-8-19(17)29-20)22(31)28-13-14-4-2-5-15(10-14)23(25,26)27/h2-12H,13H2,1H3,(H,28,31). The summed E-state index contributed by atoms with van der Waals surface area (Å²) in [5, 5.41) is 2.95. The van der Waals surface area contributed by atoms with Crippen LogP contribution in [0.15, 0.2) is 66.9 Å². The average molecular weight is 427 g/mol. The van der Waals surface area contributed by atoms with Crippen molar-refractivity contribution in [3.05, 3.63) is 89.4 Å². The van der Waals surface area contributed by atoms with Gasteiger partial charge in [0.05, 0.1) is 28.0 Å². The summed E-state index contributed by atoms with van der Waals surface area (Å²) in [7, 11) is 1.83. The summed E-state index contributed by atoms with van der Waals surface area (Å²) in [5.41, 5.74) is 1.42. The van der Waals surface area contributed by atoms with Crippen LogP contribution in [0, 0.1) is 5.82 Å². The van der Waals surface area contributed by atoms with Gasteiger partial charge >= 0.3 is 6.18 Å². The van der Waals surface area contributed by atoms with E-state index in [4.69, 9.17) is 0 Å². The van der Waals surface area contributed by atoms with Gasteiger partial charge in [-0.3, -0.25) is 4.79 Å². The van der Waals surface area contributed by atoms with E-state index in [1.807, 2.05) is 29.9 Å². The van der Waals surface area contributed by atoms with Crippen LogP contribution in [-0.4, -0.2) is 15.5 Å². The first-order chi connectivity index (χ1) is 14.7. The molecule has 0 aliphatic carbocycles. The fourth-order valence-electron chi connectivity index (χ4n) is 3.38. The van der Waals surface area contributed by atoms with Crippen LogP contribution in [0.5, 0.6) is 0 Å². The van der Waals surface area contributed by atoms with Gasteiger partial charge < -0.3 is 9.88 Å². The molecule has 4 rings (SSSR count). The van der Waals surface area contributed by atoms with Gasteiger partial charge in [0.25, 0.3) is 5.91 Å². The van der Waals surface area contributed by atoms with Crippen molar-refractivity contribution in [2.75, 3.05) is 0 Å². The average Bonchev–Trinajstić information content (AvgIpc) is 3.16. The van der Waals surface area contributed by atoms with Crippen LogP contribution in [0.4, 0.5) is 17.6 Å². The van der Waals surface area contributed by atoms with Crippen molar-refractivity contribution in [3.63, 3.8) is 0 Å². The quantitative estimate of drug-likeness (QED) is 0.448. The highest BCUT2D eigenvalue weighted by atomic mass is 19.4. The topological polar surface area (TPSA) is 46.9 Å². The number of aromatic nitrogens is 2. The van der Waals surface area contributed by atoms with Gasteiger partial charge in [-0.1, -0.05) is 12.1 Å². The van der Waals surface area contributed by atoms with Crippen molar-refractivity contribution >= 4 is 16.8 Å². The molecule has 0 spiro atoms. The molecule has 0 aliphatic rings. The Hall–Kier alpha value is -3.68. The molecule has 0 unspecified atom stereocenters. The van der Waals surface area contributed by atoms with E-state index in [0.717, 1.165) is 17.8 Å². The molecule has 31 heavy (non-hydrogen) atoms. The number of benzene rings is 2. The molecule has 2 aromatic carbocycles. The smallest absolute Gasteiger partial charge is 0.349 e. The SMILES string of the molecule is Cn1cccc1-c1cc(C(=O)NCc2cccc(C(F)(F)F)c2)c2cc(F)ccc2n1. The number of rotatable bonds is 4. The third-order valence-electron chi connectivity index (χ3n) is 4.93. The van der Waals surface area contributed by atoms with Crippen LogP contribution in [0.1, 0.15) is 21.5 Å². The predicted molar refractivity (Wildman–Crippen MR) is 109 cm³/mol. The molecule has 0 bridgehead atoms. The van der Waals surface area contributed by atoms with Gasteiger partial charge in [-0.15, -0.1) is 0 Å². The van der Waals surface area contributed by atoms with E-state index in [0.29, 0.717) is 22.2 Å². The minimum absolute atomic E-state index is 0.110. The second-order valence-electron chi connectivity index (χ2n) is 7.10. The van der Waals surface area contributed by atoms with Crippen LogP contribution < -0.4 is 5.32 Å². The maximum absolute atomic E-state index is 13.9. The lowest BCUT2D eigenvalue weighted by Crippen LogP contribution is -2.23. The van der Waals surface area contributed by atoms with Gasteiger partial charge in [0.2, 0.25) is 0 Å². The van der Waals surface area contributed by atoms with Crippen molar-refractivity contribution in [1.82, 2.24) is 14.9 Å². The van der Waals surface area contributed by atoms with E-state index in [2.05, 4.69) is 10.3 Å². The lowest BCUT2D eigenvalue weighted by atomic mass is 10.0. The molecule has 0 aliphatic heterocycles. The van der Waals surface area contributed by atoms with Crippen LogP contribution in [0.25, 0.3) is 22.3 Å². The summed E-state index contributed by atoms with van der Waals surface area (Å²) >= 11 is 0. The molecule has 158 valence electrons. The molecule has 0 atom stereocenters. The Morgan fingerprint density at radius 2 is 1.87 bits per heavy atom. The Morgan fingerprint density at radius 1 is 1.06 bits per heavy atom. The lowest BCUT2D eigenvalue weighted by Gasteiger charge is -2.12. The zero-order valence-electron chi connectivity index (χ0n) is 16.4. The maximum atomic E-state index is 13.9. The Balaban J connectivity index is 1.69. The van der Waals surface area contributed by atoms with Gasteiger partial charge in [-0.05, 0) is 54.1 Å². The Bertz CT molecular complexity index is 1280. The van der Waals surface area contributed by atoms with E-state index in [1.54, 1.807) is 6.07 Å². The van der Waals surface area contributed by atoms with Gasteiger partial charge in [-0.25, -0.2) is 9.37 Å². The highest BCUT2D eigenvalue weighted by molar-refractivity contribution is 6.07. The monoisotopic (exact) mass is 427 g/mol. The first kappa shape index (κ1) is 20.6. The Labute approximate surface area is 175 Å². The molecule has 2 heterocycles. The van der Waals surface area contributed by atoms with Crippen LogP contribution in [0.3, 0.4) is 0 Å². The molecule has 4 nitrogen and oxygen atoms in total. The van der Waals surface area contributed by atoms with Crippen LogP contribution in [-0.2, 0) is 19.8 Å². The van der Waals surface area contributed by atoms with Crippen molar-refractivity contribution < 1.29 is 22.4 Å². The second kappa shape index (κ2) is 7.86. The molecule has 4 aromatic rings. The number of nitrogens with one attached hydrogen (secondary N) is 1. The Kier molecular flexibility index (Phi) is 5.22. The number of halogens is 4. The second-order valence-corrected chi connectivity index (χ2v) is 7.10. The van der Waals surface area contributed by atoms with Gasteiger partial charge in [-0.2, -0.15) is 13.2 Å². The number of carbonyl (C=O) groups excluding carboxylic acids is 1. The fraction of sp³-hybridized carbons (Fsp3) is 0.130. The molecule has 1 amide bonds. The normalized spacial score (nSPS) is 11.6. The van der Waals surface area contributed by atoms with Crippen molar-refractivity contribution in [2.24, 2.45) is 7.05 Å². The van der Waals surface area contributed by atoms with E-state index >= 15 is 0 Å². The number of amides is 1. The molecule has 0 fully saturated rings. The molecule has 0 saturated heterocycles. The van der Waals surface area contributed by atoms with E-state index in [-0.39, 0.29) is 12.1 Å². The minimum atomic E-state index is -4.47. The summed E-state index contributed by atoms with van der Waals surface area (Å²) in [5.74, 6) is -1.06. The minimum Gasteiger partial charge on any atom is -0.349 e. The summed E-state index contributed by atoms with van der Waals surface area (Å²) in [4.78, 5) is 17.5. The summed E-state index contributed by atoms with van der Waals surface area (Å²) in [6.45, 7) is -0.110. The van der Waals surface area contributed by atoms with Crippen molar-refractivity contribution in [1.29, 1.82) is 0 Å². The number of pyridine rings is 1. The van der Waals surface area contributed by atoms with Gasteiger partial charge in [0, 0.05) is 25.2 Å². The van der Waals surface area contributed by atoms with Crippen molar-refractivity contribution in [3.8, 4) is 11.4 Å². The molecular weight excluding hydrogens is 410 g/mol. The number of nitrogens with zero attached hydrogens (tertiary/aromatic N) is 2. The Morgan fingerprint density at radius 3 is 2.58 bits per heavy atom.